The van der Waals surface area contributed by atoms with Crippen LogP contribution in [0.25, 0.3) is 0 Å². The van der Waals surface area contributed by atoms with E-state index in [1.807, 2.05) is 4.90 Å². The molecule has 2 bridgehead atoms. The van der Waals surface area contributed by atoms with E-state index in [1.165, 1.54) is 0 Å². The first-order chi connectivity index (χ1) is 11.2. The third-order valence-electron chi connectivity index (χ3n) is 5.06. The van der Waals surface area contributed by atoms with Crippen molar-refractivity contribution in [2.75, 3.05) is 26.2 Å². The van der Waals surface area contributed by atoms with Gasteiger partial charge in [0.25, 0.3) is 0 Å². The first kappa shape index (κ1) is 18.2. The Kier molecular flexibility index (Phi) is 7.34. The van der Waals surface area contributed by atoms with Gasteiger partial charge in [-0.1, -0.05) is 13.8 Å². The summed E-state index contributed by atoms with van der Waals surface area (Å²) in [5, 5.41) is 3.43. The molecule has 132 valence electrons. The Morgan fingerprint density at radius 2 is 1.74 bits per heavy atom. The van der Waals surface area contributed by atoms with Crippen molar-refractivity contribution in [3.8, 4) is 0 Å². The van der Waals surface area contributed by atoms with Crippen LogP contribution in [0.3, 0.4) is 0 Å². The standard InChI is InChI=1S/C18H33N3O2/c1-3-12-20(13-4-2)17(22)6-5-7-18(23)21-15-8-9-16(21)14-19-11-10-15/h15-16,19H,3-14H2,1-2H3. The van der Waals surface area contributed by atoms with Crippen molar-refractivity contribution in [2.24, 2.45) is 0 Å². The van der Waals surface area contributed by atoms with Crippen LogP contribution in [-0.2, 0) is 9.59 Å². The summed E-state index contributed by atoms with van der Waals surface area (Å²) in [5.74, 6) is 0.466. The summed E-state index contributed by atoms with van der Waals surface area (Å²) in [6.07, 6.45) is 7.05. The van der Waals surface area contributed by atoms with Gasteiger partial charge in [-0.2, -0.15) is 0 Å². The van der Waals surface area contributed by atoms with Crippen LogP contribution in [-0.4, -0.2) is 59.9 Å². The third-order valence-corrected chi connectivity index (χ3v) is 5.06. The second-order valence-electron chi connectivity index (χ2n) is 6.91. The van der Waals surface area contributed by atoms with Gasteiger partial charge >= 0.3 is 0 Å². The number of amides is 2. The zero-order valence-electron chi connectivity index (χ0n) is 14.9. The smallest absolute Gasteiger partial charge is 0.223 e. The zero-order chi connectivity index (χ0) is 16.7. The van der Waals surface area contributed by atoms with E-state index in [0.29, 0.717) is 31.3 Å². The van der Waals surface area contributed by atoms with Crippen LogP contribution >= 0.6 is 0 Å². The highest BCUT2D eigenvalue weighted by atomic mass is 16.2. The third kappa shape index (κ3) is 4.93. The molecule has 2 aliphatic heterocycles. The maximum Gasteiger partial charge on any atom is 0.223 e. The Morgan fingerprint density at radius 3 is 2.43 bits per heavy atom. The molecule has 2 amide bonds. The second-order valence-corrected chi connectivity index (χ2v) is 6.91. The van der Waals surface area contributed by atoms with E-state index in [2.05, 4.69) is 24.1 Å². The fraction of sp³-hybridized carbons (Fsp3) is 0.889. The molecule has 2 aliphatic rings. The lowest BCUT2D eigenvalue weighted by atomic mass is 10.1. The van der Waals surface area contributed by atoms with Gasteiger partial charge in [0.2, 0.25) is 11.8 Å². The van der Waals surface area contributed by atoms with Crippen LogP contribution in [0.15, 0.2) is 0 Å². The predicted octanol–water partition coefficient (Wildman–Crippen LogP) is 2.16. The summed E-state index contributed by atoms with van der Waals surface area (Å²) in [5.41, 5.74) is 0. The highest BCUT2D eigenvalue weighted by Crippen LogP contribution is 2.28. The monoisotopic (exact) mass is 323 g/mol. The lowest BCUT2D eigenvalue weighted by molar-refractivity contribution is -0.134. The molecule has 0 spiro atoms. The number of fused-ring (bicyclic) bond motifs is 2. The van der Waals surface area contributed by atoms with Gasteiger partial charge < -0.3 is 15.1 Å². The summed E-state index contributed by atoms with van der Waals surface area (Å²) in [6.45, 7) is 7.82. The molecule has 0 aromatic carbocycles. The van der Waals surface area contributed by atoms with E-state index in [-0.39, 0.29) is 11.8 Å². The first-order valence-electron chi connectivity index (χ1n) is 9.47. The highest BCUT2D eigenvalue weighted by Gasteiger charge is 2.37. The van der Waals surface area contributed by atoms with E-state index >= 15 is 0 Å². The first-order valence-corrected chi connectivity index (χ1v) is 9.47. The number of nitrogens with zero attached hydrogens (tertiary/aromatic N) is 2. The Labute approximate surface area is 140 Å². The molecule has 1 N–H and O–H groups in total. The minimum atomic E-state index is 0.210. The highest BCUT2D eigenvalue weighted by molar-refractivity contribution is 5.79. The fourth-order valence-electron chi connectivity index (χ4n) is 3.97. The van der Waals surface area contributed by atoms with E-state index < -0.39 is 0 Å². The molecule has 0 aliphatic carbocycles. The van der Waals surface area contributed by atoms with Gasteiger partial charge in [-0.05, 0) is 45.1 Å². The van der Waals surface area contributed by atoms with E-state index in [1.54, 1.807) is 0 Å². The Hall–Kier alpha value is -1.10. The van der Waals surface area contributed by atoms with Crippen LogP contribution in [0.4, 0.5) is 0 Å². The van der Waals surface area contributed by atoms with Crippen molar-refractivity contribution in [1.29, 1.82) is 0 Å². The predicted molar refractivity (Wildman–Crippen MR) is 92.2 cm³/mol. The molecule has 2 unspecified atom stereocenters. The zero-order valence-corrected chi connectivity index (χ0v) is 14.9. The van der Waals surface area contributed by atoms with Crippen molar-refractivity contribution in [3.63, 3.8) is 0 Å². The molecular weight excluding hydrogens is 290 g/mol. The summed E-state index contributed by atoms with van der Waals surface area (Å²) in [6, 6.07) is 0.803. The molecule has 2 atom stereocenters. The Bertz CT molecular complexity index is 380. The normalized spacial score (nSPS) is 23.7. The van der Waals surface area contributed by atoms with Crippen LogP contribution in [0.5, 0.6) is 0 Å². The lowest BCUT2D eigenvalue weighted by Crippen LogP contribution is -2.42. The average molecular weight is 323 g/mol. The molecule has 2 fully saturated rings. The number of carbonyl (C=O) groups excluding carboxylic acids is 2. The van der Waals surface area contributed by atoms with Gasteiger partial charge in [0.05, 0.1) is 0 Å². The van der Waals surface area contributed by atoms with Crippen molar-refractivity contribution in [2.45, 2.75) is 77.3 Å². The summed E-state index contributed by atoms with van der Waals surface area (Å²) >= 11 is 0. The van der Waals surface area contributed by atoms with Crippen molar-refractivity contribution < 1.29 is 9.59 Å². The lowest BCUT2D eigenvalue weighted by Gasteiger charge is -2.28. The molecule has 23 heavy (non-hydrogen) atoms. The number of rotatable bonds is 8. The maximum absolute atomic E-state index is 12.6. The van der Waals surface area contributed by atoms with Crippen molar-refractivity contribution in [3.05, 3.63) is 0 Å². The molecular formula is C18H33N3O2. The largest absolute Gasteiger partial charge is 0.343 e. The molecule has 0 aromatic rings. The molecule has 2 saturated heterocycles. The molecule has 0 radical (unpaired) electrons. The molecule has 2 heterocycles. The van der Waals surface area contributed by atoms with Gasteiger partial charge in [-0.3, -0.25) is 9.59 Å². The summed E-state index contributed by atoms with van der Waals surface area (Å²) < 4.78 is 0. The van der Waals surface area contributed by atoms with Gasteiger partial charge in [0.1, 0.15) is 0 Å². The quantitative estimate of drug-likeness (QED) is 0.745. The minimum absolute atomic E-state index is 0.210. The topological polar surface area (TPSA) is 52.7 Å². The van der Waals surface area contributed by atoms with Gasteiger partial charge in [0.15, 0.2) is 0 Å². The fourth-order valence-corrected chi connectivity index (χ4v) is 3.97. The van der Waals surface area contributed by atoms with Gasteiger partial charge in [-0.25, -0.2) is 0 Å². The van der Waals surface area contributed by atoms with E-state index in [4.69, 9.17) is 0 Å². The van der Waals surface area contributed by atoms with Crippen LogP contribution in [0, 0.1) is 0 Å². The van der Waals surface area contributed by atoms with E-state index in [0.717, 1.165) is 58.3 Å². The summed E-state index contributed by atoms with van der Waals surface area (Å²) in [4.78, 5) is 28.9. The molecule has 2 rings (SSSR count). The summed E-state index contributed by atoms with van der Waals surface area (Å²) in [7, 11) is 0. The molecule has 0 aromatic heterocycles. The number of nitrogens with one attached hydrogen (secondary N) is 1. The van der Waals surface area contributed by atoms with Crippen LogP contribution < -0.4 is 5.32 Å². The SMILES string of the molecule is CCCN(CCC)C(=O)CCCC(=O)N1C2CCNCC1CC2. The molecule has 5 nitrogen and oxygen atoms in total. The Morgan fingerprint density at radius 1 is 1.04 bits per heavy atom. The van der Waals surface area contributed by atoms with Crippen LogP contribution in [0.2, 0.25) is 0 Å². The second kappa shape index (κ2) is 9.26. The van der Waals surface area contributed by atoms with E-state index in [9.17, 15) is 9.59 Å². The molecule has 0 saturated carbocycles. The average Bonchev–Trinajstić information content (AvgIpc) is 2.80. The maximum atomic E-state index is 12.6. The van der Waals surface area contributed by atoms with Crippen molar-refractivity contribution >= 4 is 11.8 Å². The van der Waals surface area contributed by atoms with Gasteiger partial charge in [-0.15, -0.1) is 0 Å². The van der Waals surface area contributed by atoms with Gasteiger partial charge in [0, 0.05) is 44.6 Å². The molecule has 5 heteroatoms. The number of carbonyl (C=O) groups is 2. The number of hydrogen-bond donors (Lipinski definition) is 1. The van der Waals surface area contributed by atoms with Crippen molar-refractivity contribution in [1.82, 2.24) is 15.1 Å². The Balaban J connectivity index is 1.77. The number of hydrogen-bond acceptors (Lipinski definition) is 3. The minimum Gasteiger partial charge on any atom is -0.343 e. The van der Waals surface area contributed by atoms with Crippen LogP contribution in [0.1, 0.15) is 65.2 Å².